The maximum absolute atomic E-state index is 13.5. The van der Waals surface area contributed by atoms with Gasteiger partial charge in [0.25, 0.3) is 7.82 Å². The summed E-state index contributed by atoms with van der Waals surface area (Å²) in [5, 5.41) is 3.00. The number of phosphoric ester groups is 1. The number of hydrogen-bond donors (Lipinski definition) is 1. The van der Waals surface area contributed by atoms with Crippen LogP contribution in [0.5, 0.6) is 0 Å². The molecule has 10 heteroatoms. The van der Waals surface area contributed by atoms with Gasteiger partial charge < -0.3 is 28.5 Å². The summed E-state index contributed by atoms with van der Waals surface area (Å²) in [6.45, 7) is 6.64. The van der Waals surface area contributed by atoms with Crippen molar-refractivity contribution in [2.45, 2.75) is 245 Å². The average molecular weight is 1050 g/mol. The van der Waals surface area contributed by atoms with E-state index in [2.05, 4.69) is 123 Å². The van der Waals surface area contributed by atoms with Crippen molar-refractivity contribution >= 4 is 19.7 Å². The van der Waals surface area contributed by atoms with Crippen LogP contribution in [0.4, 0.5) is 0 Å². The minimum absolute atomic E-state index is 0.0382. The van der Waals surface area contributed by atoms with Crippen molar-refractivity contribution in [3.63, 3.8) is 0 Å². The average Bonchev–Trinajstić information content (AvgIpc) is 3.36. The number of nitrogens with zero attached hydrogens (tertiary/aromatic N) is 1. The second-order valence-corrected chi connectivity index (χ2v) is 22.2. The van der Waals surface area contributed by atoms with Gasteiger partial charge in [0.2, 0.25) is 5.91 Å². The molecule has 0 aromatic carbocycles. The topological polar surface area (TPSA) is 114 Å². The van der Waals surface area contributed by atoms with E-state index in [1.165, 1.54) is 77.0 Å². The number of quaternary nitrogens is 1. The Bertz CT molecular complexity index is 1640. The third kappa shape index (κ3) is 53.5. The van der Waals surface area contributed by atoms with Crippen LogP contribution in [0, 0.1) is 0 Å². The maximum Gasteiger partial charge on any atom is 0.306 e. The molecule has 0 spiro atoms. The molecule has 1 N–H and O–H groups in total. The Hall–Kier alpha value is -3.33. The zero-order valence-electron chi connectivity index (χ0n) is 48.3. The first-order valence-electron chi connectivity index (χ1n) is 29.7. The fourth-order valence-corrected chi connectivity index (χ4v) is 8.57. The molecule has 0 fully saturated rings. The number of carbonyl (C=O) groups is 2. The molecular weight excluding hydrogens is 940 g/mol. The highest BCUT2D eigenvalue weighted by molar-refractivity contribution is 7.45. The summed E-state index contributed by atoms with van der Waals surface area (Å²) in [4.78, 5) is 39.9. The molecule has 0 bridgehead atoms. The number of unbranched alkanes of at least 4 members (excludes halogenated alkanes) is 20. The van der Waals surface area contributed by atoms with Crippen LogP contribution in [0.2, 0.25) is 0 Å². The van der Waals surface area contributed by atoms with Crippen LogP contribution in [0.15, 0.2) is 109 Å². The smallest absolute Gasteiger partial charge is 0.306 e. The Morgan fingerprint density at radius 1 is 0.486 bits per heavy atom. The molecule has 1 amide bonds. The highest BCUT2D eigenvalue weighted by Crippen LogP contribution is 2.38. The van der Waals surface area contributed by atoms with Gasteiger partial charge in [0.1, 0.15) is 19.3 Å². The van der Waals surface area contributed by atoms with E-state index in [1.807, 2.05) is 33.3 Å². The second kappa shape index (κ2) is 53.1. The van der Waals surface area contributed by atoms with Gasteiger partial charge in [-0.3, -0.25) is 14.2 Å². The number of esters is 1. The van der Waals surface area contributed by atoms with Crippen LogP contribution in [0.3, 0.4) is 0 Å². The molecule has 0 heterocycles. The van der Waals surface area contributed by atoms with Crippen LogP contribution in [0.25, 0.3) is 0 Å². The van der Waals surface area contributed by atoms with Gasteiger partial charge in [-0.1, -0.05) is 214 Å². The molecular formula is C64H111N2O7P. The van der Waals surface area contributed by atoms with Gasteiger partial charge in [-0.15, -0.1) is 0 Å². The number of carbonyl (C=O) groups excluding carboxylic acids is 2. The first-order valence-corrected chi connectivity index (χ1v) is 31.2. The van der Waals surface area contributed by atoms with Crippen LogP contribution < -0.4 is 10.2 Å². The molecule has 0 aliphatic heterocycles. The molecule has 9 nitrogen and oxygen atoms in total. The van der Waals surface area contributed by atoms with Crippen molar-refractivity contribution in [3.8, 4) is 0 Å². The lowest BCUT2D eigenvalue weighted by molar-refractivity contribution is -0.870. The monoisotopic (exact) mass is 1050 g/mol. The minimum Gasteiger partial charge on any atom is -0.756 e. The highest BCUT2D eigenvalue weighted by Gasteiger charge is 2.27. The zero-order valence-corrected chi connectivity index (χ0v) is 49.1. The number of hydrogen-bond acceptors (Lipinski definition) is 7. The van der Waals surface area contributed by atoms with Crippen LogP contribution in [0.1, 0.15) is 233 Å². The van der Waals surface area contributed by atoms with Crippen molar-refractivity contribution in [2.24, 2.45) is 0 Å². The lowest BCUT2D eigenvalue weighted by Gasteiger charge is -2.30. The number of amides is 1. The van der Waals surface area contributed by atoms with Gasteiger partial charge in [-0.25, -0.2) is 0 Å². The summed E-state index contributed by atoms with van der Waals surface area (Å²) >= 11 is 0. The SMILES string of the molecule is CC/C=C\C/C=C\C/C=C\C/C=C\C/C=C\CCCCCC(=O)OC(/C=C/CCCCCCCCCCCC)C(COP(=O)([O-])OCC[N+](C)(C)C)NC(=O)CCCCCC/C=C\C/C=C\C/C=C\CCCCC. The van der Waals surface area contributed by atoms with Crippen LogP contribution >= 0.6 is 7.82 Å². The van der Waals surface area contributed by atoms with E-state index in [0.29, 0.717) is 23.9 Å². The normalized spacial score (nSPS) is 14.5. The fraction of sp³-hybridized carbons (Fsp3) is 0.688. The van der Waals surface area contributed by atoms with Gasteiger partial charge in [0.05, 0.1) is 33.8 Å². The van der Waals surface area contributed by atoms with Crippen LogP contribution in [-0.4, -0.2) is 69.4 Å². The molecule has 0 radical (unpaired) electrons. The second-order valence-electron chi connectivity index (χ2n) is 20.8. The minimum atomic E-state index is -4.72. The predicted octanol–water partition coefficient (Wildman–Crippen LogP) is 17.5. The Morgan fingerprint density at radius 2 is 0.865 bits per heavy atom. The van der Waals surface area contributed by atoms with Gasteiger partial charge in [-0.05, 0) is 115 Å². The number of allylic oxidation sites excluding steroid dienone is 17. The van der Waals surface area contributed by atoms with Gasteiger partial charge in [0, 0.05) is 12.8 Å². The Labute approximate surface area is 455 Å². The molecule has 0 aliphatic carbocycles. The summed E-state index contributed by atoms with van der Waals surface area (Å²) in [6.07, 6.45) is 71.9. The van der Waals surface area contributed by atoms with E-state index < -0.39 is 26.6 Å². The van der Waals surface area contributed by atoms with Gasteiger partial charge >= 0.3 is 5.97 Å². The largest absolute Gasteiger partial charge is 0.756 e. The van der Waals surface area contributed by atoms with Crippen molar-refractivity contribution in [3.05, 3.63) is 109 Å². The molecule has 0 rings (SSSR count). The summed E-state index contributed by atoms with van der Waals surface area (Å²) in [7, 11) is 1.13. The van der Waals surface area contributed by atoms with E-state index in [0.717, 1.165) is 109 Å². The molecule has 3 unspecified atom stereocenters. The summed E-state index contributed by atoms with van der Waals surface area (Å²) < 4.78 is 30.2. The number of nitrogens with one attached hydrogen (secondary N) is 1. The molecule has 74 heavy (non-hydrogen) atoms. The lowest BCUT2D eigenvalue weighted by Crippen LogP contribution is -2.47. The van der Waals surface area contributed by atoms with E-state index in [4.69, 9.17) is 13.8 Å². The van der Waals surface area contributed by atoms with Crippen molar-refractivity contribution in [1.29, 1.82) is 0 Å². The number of rotatable bonds is 52. The standard InChI is InChI=1S/C64H111N2O7P/c1-7-10-13-16-19-22-25-28-30-32-33-35-37-39-42-45-48-51-54-57-64(68)73-62(55-52-49-46-43-40-27-24-21-18-15-12-9-3)61(60-72-74(69,70)71-59-58-66(4,5)6)65-63(67)56-53-50-47-44-41-38-36-34-31-29-26-23-20-17-14-11-8-2/h10,13,19-20,22-23,28-31,33,35-36,38-39,42,52,55,61-62H,7-9,11-12,14-18,21,24-27,32,34,37,40-41,43-51,53-54,56-60H2,1-6H3,(H-,65,67,69,70)/b13-10-,22-19-,23-20-,30-28-,31-29-,35-33-,38-36-,42-39-,55-52+. The third-order valence-corrected chi connectivity index (χ3v) is 13.4. The Balaban J connectivity index is 5.43. The van der Waals surface area contributed by atoms with Gasteiger partial charge in [0.15, 0.2) is 0 Å². The molecule has 0 aliphatic rings. The van der Waals surface area contributed by atoms with E-state index in [-0.39, 0.29) is 31.3 Å². The van der Waals surface area contributed by atoms with E-state index >= 15 is 0 Å². The number of likely N-dealkylation sites (N-methyl/N-ethyl adjacent to an activating group) is 1. The molecule has 3 atom stereocenters. The molecule has 424 valence electrons. The highest BCUT2D eigenvalue weighted by atomic mass is 31.2. The molecule has 0 aromatic heterocycles. The van der Waals surface area contributed by atoms with Crippen molar-refractivity contribution in [2.75, 3.05) is 40.9 Å². The molecule has 0 saturated heterocycles. The first kappa shape index (κ1) is 70.7. The Kier molecular flexibility index (Phi) is 50.7. The van der Waals surface area contributed by atoms with Gasteiger partial charge in [-0.2, -0.15) is 0 Å². The molecule has 0 saturated carbocycles. The third-order valence-electron chi connectivity index (χ3n) is 12.4. The predicted molar refractivity (Wildman–Crippen MR) is 316 cm³/mol. The van der Waals surface area contributed by atoms with Crippen molar-refractivity contribution < 1.29 is 37.3 Å². The first-order chi connectivity index (χ1) is 35.9. The summed E-state index contributed by atoms with van der Waals surface area (Å²) in [5.74, 6) is -0.612. The van der Waals surface area contributed by atoms with Crippen LogP contribution in [-0.2, 0) is 27.9 Å². The molecule has 0 aromatic rings. The van der Waals surface area contributed by atoms with Crippen molar-refractivity contribution in [1.82, 2.24) is 5.32 Å². The quantitative estimate of drug-likeness (QED) is 0.0212. The summed E-state index contributed by atoms with van der Waals surface area (Å²) in [5.41, 5.74) is 0. The lowest BCUT2D eigenvalue weighted by atomic mass is 10.1. The zero-order chi connectivity index (χ0) is 54.3. The fourth-order valence-electron chi connectivity index (χ4n) is 7.85. The number of ether oxygens (including phenoxy) is 1. The summed E-state index contributed by atoms with van der Waals surface area (Å²) in [6, 6.07) is -0.920. The number of phosphoric acid groups is 1. The Morgan fingerprint density at radius 3 is 1.34 bits per heavy atom. The van der Waals surface area contributed by atoms with E-state index in [9.17, 15) is 19.0 Å². The maximum atomic E-state index is 13.5. The van der Waals surface area contributed by atoms with E-state index in [1.54, 1.807) is 0 Å².